The summed E-state index contributed by atoms with van der Waals surface area (Å²) in [6.07, 6.45) is -0.884. The molecule has 0 aliphatic carbocycles. The number of nitrogens with one attached hydrogen (secondary N) is 1. The van der Waals surface area contributed by atoms with Crippen LogP contribution in [0.4, 0.5) is 10.1 Å². The first kappa shape index (κ1) is 12.2. The second-order valence-electron chi connectivity index (χ2n) is 3.30. The van der Waals surface area contributed by atoms with Crippen molar-refractivity contribution in [2.45, 2.75) is 13.0 Å². The smallest absolute Gasteiger partial charge is 0.128 e. The largest absolute Gasteiger partial charge is 0.394 e. The molecule has 0 aliphatic rings. The molecule has 0 aliphatic heterocycles. The van der Waals surface area contributed by atoms with E-state index in [4.69, 9.17) is 21.8 Å². The molecule has 0 heterocycles. The molecule has 1 aromatic rings. The van der Waals surface area contributed by atoms with E-state index in [-0.39, 0.29) is 19.0 Å². The molecule has 1 rings (SSSR count). The molecule has 0 saturated heterocycles. The van der Waals surface area contributed by atoms with Crippen LogP contribution >= 0.6 is 11.6 Å². The maximum atomic E-state index is 13.2. The van der Waals surface area contributed by atoms with Gasteiger partial charge in [-0.05, 0) is 24.6 Å². The summed E-state index contributed by atoms with van der Waals surface area (Å²) in [4.78, 5) is 0. The van der Waals surface area contributed by atoms with Gasteiger partial charge in [0.2, 0.25) is 0 Å². The fourth-order valence-corrected chi connectivity index (χ4v) is 1.36. The van der Waals surface area contributed by atoms with Crippen LogP contribution in [0, 0.1) is 12.7 Å². The van der Waals surface area contributed by atoms with Gasteiger partial charge in [0.15, 0.2) is 0 Å². The van der Waals surface area contributed by atoms with Gasteiger partial charge in [0.25, 0.3) is 0 Å². The molecule has 15 heavy (non-hydrogen) atoms. The van der Waals surface area contributed by atoms with Crippen molar-refractivity contribution in [2.75, 3.05) is 18.5 Å². The molecule has 0 bridgehead atoms. The second-order valence-corrected chi connectivity index (χ2v) is 3.71. The van der Waals surface area contributed by atoms with Gasteiger partial charge >= 0.3 is 0 Å². The SMILES string of the molecule is Cc1cc(Cl)c(NCC(O)CO)cc1F. The van der Waals surface area contributed by atoms with Gasteiger partial charge in [0, 0.05) is 6.54 Å². The number of benzene rings is 1. The predicted molar refractivity (Wildman–Crippen MR) is 57.7 cm³/mol. The van der Waals surface area contributed by atoms with Crippen molar-refractivity contribution in [3.8, 4) is 0 Å². The van der Waals surface area contributed by atoms with Gasteiger partial charge in [-0.15, -0.1) is 0 Å². The van der Waals surface area contributed by atoms with Crippen LogP contribution < -0.4 is 5.32 Å². The number of halogens is 2. The van der Waals surface area contributed by atoms with E-state index < -0.39 is 6.10 Å². The predicted octanol–water partition coefficient (Wildman–Crippen LogP) is 1.55. The van der Waals surface area contributed by atoms with E-state index in [1.54, 1.807) is 6.92 Å². The molecule has 1 unspecified atom stereocenters. The Kier molecular flexibility index (Phi) is 4.32. The Hall–Kier alpha value is -0.840. The fraction of sp³-hybridized carbons (Fsp3) is 0.400. The molecule has 0 aromatic heterocycles. The van der Waals surface area contributed by atoms with Crippen molar-refractivity contribution in [1.29, 1.82) is 0 Å². The molecule has 0 radical (unpaired) electrons. The molecule has 0 fully saturated rings. The van der Waals surface area contributed by atoms with Gasteiger partial charge in [0.1, 0.15) is 5.82 Å². The molecule has 0 amide bonds. The highest BCUT2D eigenvalue weighted by Crippen LogP contribution is 2.24. The minimum atomic E-state index is -0.884. The van der Waals surface area contributed by atoms with Crippen LogP contribution in [0.15, 0.2) is 12.1 Å². The monoisotopic (exact) mass is 233 g/mol. The molecule has 0 spiro atoms. The number of aliphatic hydroxyl groups excluding tert-OH is 2. The van der Waals surface area contributed by atoms with Crippen molar-refractivity contribution in [2.24, 2.45) is 0 Å². The number of rotatable bonds is 4. The summed E-state index contributed by atoms with van der Waals surface area (Å²) in [7, 11) is 0. The summed E-state index contributed by atoms with van der Waals surface area (Å²) in [5, 5.41) is 20.8. The lowest BCUT2D eigenvalue weighted by atomic mass is 10.2. The third-order valence-electron chi connectivity index (χ3n) is 1.99. The zero-order valence-corrected chi connectivity index (χ0v) is 9.05. The van der Waals surface area contributed by atoms with Crippen molar-refractivity contribution in [3.63, 3.8) is 0 Å². The van der Waals surface area contributed by atoms with E-state index in [1.165, 1.54) is 12.1 Å². The average molecular weight is 234 g/mol. The number of hydrogen-bond donors (Lipinski definition) is 3. The van der Waals surface area contributed by atoms with Crippen LogP contribution in [0.3, 0.4) is 0 Å². The Bertz CT molecular complexity index is 346. The summed E-state index contributed by atoms with van der Waals surface area (Å²) in [5.41, 5.74) is 0.875. The summed E-state index contributed by atoms with van der Waals surface area (Å²) < 4.78 is 13.2. The van der Waals surface area contributed by atoms with E-state index in [1.807, 2.05) is 0 Å². The standard InChI is InChI=1S/C10H13ClFNO2/c1-6-2-8(11)10(3-9(6)12)13-4-7(15)5-14/h2-3,7,13-15H,4-5H2,1H3. The molecule has 1 atom stereocenters. The maximum absolute atomic E-state index is 13.2. The Balaban J connectivity index is 2.73. The minimum Gasteiger partial charge on any atom is -0.394 e. The minimum absolute atomic E-state index is 0.124. The third kappa shape index (κ3) is 3.34. The molecule has 3 nitrogen and oxygen atoms in total. The van der Waals surface area contributed by atoms with Crippen molar-refractivity contribution >= 4 is 17.3 Å². The van der Waals surface area contributed by atoms with Gasteiger partial charge in [0.05, 0.1) is 23.4 Å². The molecule has 84 valence electrons. The molecule has 1 aromatic carbocycles. The van der Waals surface area contributed by atoms with Crippen molar-refractivity contribution < 1.29 is 14.6 Å². The number of anilines is 1. The summed E-state index contributed by atoms with van der Waals surface area (Å²) in [6, 6.07) is 2.77. The highest BCUT2D eigenvalue weighted by molar-refractivity contribution is 6.33. The molecule has 3 N–H and O–H groups in total. The topological polar surface area (TPSA) is 52.5 Å². The normalized spacial score (nSPS) is 12.6. The first-order valence-corrected chi connectivity index (χ1v) is 4.91. The van der Waals surface area contributed by atoms with E-state index in [0.29, 0.717) is 16.3 Å². The number of aryl methyl sites for hydroxylation is 1. The zero-order chi connectivity index (χ0) is 11.4. The average Bonchev–Trinajstić information content (AvgIpc) is 2.21. The third-order valence-corrected chi connectivity index (χ3v) is 2.30. The zero-order valence-electron chi connectivity index (χ0n) is 8.30. The van der Waals surface area contributed by atoms with Crippen molar-refractivity contribution in [3.05, 3.63) is 28.5 Å². The van der Waals surface area contributed by atoms with E-state index >= 15 is 0 Å². The van der Waals surface area contributed by atoms with Crippen LogP contribution in [-0.2, 0) is 0 Å². The first-order valence-electron chi connectivity index (χ1n) is 4.53. The van der Waals surface area contributed by atoms with Crippen molar-refractivity contribution in [1.82, 2.24) is 0 Å². The summed E-state index contributed by atoms with van der Waals surface area (Å²) >= 11 is 5.85. The fourth-order valence-electron chi connectivity index (χ4n) is 1.07. The Morgan fingerprint density at radius 1 is 1.53 bits per heavy atom. The molecular formula is C10H13ClFNO2. The summed E-state index contributed by atoms with van der Waals surface area (Å²) in [6.45, 7) is 1.39. The van der Waals surface area contributed by atoms with Crippen LogP contribution in [0.25, 0.3) is 0 Å². The molecule has 0 saturated carbocycles. The van der Waals surface area contributed by atoms with E-state index in [2.05, 4.69) is 5.32 Å². The maximum Gasteiger partial charge on any atom is 0.128 e. The number of aliphatic hydroxyl groups is 2. The molecular weight excluding hydrogens is 221 g/mol. The number of hydrogen-bond acceptors (Lipinski definition) is 3. The van der Waals surface area contributed by atoms with Crippen LogP contribution in [0.1, 0.15) is 5.56 Å². The molecule has 5 heteroatoms. The summed E-state index contributed by atoms with van der Waals surface area (Å²) in [5.74, 6) is -0.361. The highest BCUT2D eigenvalue weighted by atomic mass is 35.5. The van der Waals surface area contributed by atoms with Gasteiger partial charge in [-0.1, -0.05) is 11.6 Å². The van der Waals surface area contributed by atoms with Gasteiger partial charge in [-0.25, -0.2) is 4.39 Å². The lowest BCUT2D eigenvalue weighted by Crippen LogP contribution is -2.23. The Morgan fingerprint density at radius 3 is 2.80 bits per heavy atom. The van der Waals surface area contributed by atoms with Gasteiger partial charge in [-0.3, -0.25) is 0 Å². The Morgan fingerprint density at radius 2 is 2.20 bits per heavy atom. The second kappa shape index (κ2) is 5.30. The lowest BCUT2D eigenvalue weighted by Gasteiger charge is -2.12. The van der Waals surface area contributed by atoms with E-state index in [0.717, 1.165) is 0 Å². The van der Waals surface area contributed by atoms with Gasteiger partial charge in [-0.2, -0.15) is 0 Å². The lowest BCUT2D eigenvalue weighted by molar-refractivity contribution is 0.105. The van der Waals surface area contributed by atoms with E-state index in [9.17, 15) is 4.39 Å². The highest BCUT2D eigenvalue weighted by Gasteiger charge is 2.07. The Labute approximate surface area is 92.5 Å². The van der Waals surface area contributed by atoms with Crippen LogP contribution in [0.5, 0.6) is 0 Å². The first-order chi connectivity index (χ1) is 7.04. The quantitative estimate of drug-likeness (QED) is 0.740. The van der Waals surface area contributed by atoms with Crippen LogP contribution in [0.2, 0.25) is 5.02 Å². The van der Waals surface area contributed by atoms with Crippen LogP contribution in [-0.4, -0.2) is 29.5 Å². The van der Waals surface area contributed by atoms with Gasteiger partial charge < -0.3 is 15.5 Å².